The Labute approximate surface area is 130 Å². The summed E-state index contributed by atoms with van der Waals surface area (Å²) >= 11 is 1.54. The van der Waals surface area contributed by atoms with Gasteiger partial charge in [-0.1, -0.05) is 30.7 Å². The minimum absolute atomic E-state index is 0.0967. The van der Waals surface area contributed by atoms with Gasteiger partial charge in [-0.2, -0.15) is 0 Å². The van der Waals surface area contributed by atoms with Gasteiger partial charge in [0, 0.05) is 12.7 Å². The van der Waals surface area contributed by atoms with Gasteiger partial charge in [0.2, 0.25) is 5.91 Å². The number of thioether (sulfide) groups is 1. The maximum Gasteiger partial charge on any atom is 0.236 e. The van der Waals surface area contributed by atoms with Crippen LogP contribution in [0, 0.1) is 0 Å². The number of aromatic nitrogens is 1. The maximum atomic E-state index is 12.8. The third-order valence-corrected chi connectivity index (χ3v) is 5.34. The molecule has 1 amide bonds. The quantitative estimate of drug-likeness (QED) is 0.805. The molecule has 2 fully saturated rings. The van der Waals surface area contributed by atoms with E-state index in [1.54, 1.807) is 18.0 Å². The first-order valence-electron chi connectivity index (χ1n) is 7.75. The monoisotopic (exact) mass is 306 g/mol. The summed E-state index contributed by atoms with van der Waals surface area (Å²) in [6, 6.07) is 6.09. The number of pyridine rings is 1. The molecular weight excluding hydrogens is 284 g/mol. The minimum Gasteiger partial charge on any atom is -0.374 e. The van der Waals surface area contributed by atoms with Crippen molar-refractivity contribution in [2.24, 2.45) is 0 Å². The van der Waals surface area contributed by atoms with Crippen LogP contribution in [0.15, 0.2) is 29.4 Å². The Hall–Kier alpha value is -1.07. The third-order valence-electron chi connectivity index (χ3n) is 4.30. The van der Waals surface area contributed by atoms with Gasteiger partial charge in [0.05, 0.1) is 29.0 Å². The van der Waals surface area contributed by atoms with Crippen LogP contribution in [0.25, 0.3) is 0 Å². The summed E-state index contributed by atoms with van der Waals surface area (Å²) < 4.78 is 5.85. The average molecular weight is 306 g/mol. The van der Waals surface area contributed by atoms with Gasteiger partial charge in [-0.15, -0.1) is 0 Å². The zero-order chi connectivity index (χ0) is 14.7. The summed E-state index contributed by atoms with van der Waals surface area (Å²) in [6.07, 6.45) is 6.62. The standard InChI is InChI=1S/C16H22N2O2S/c1-12(21-15-8-4-5-9-17-15)16(19)18-10-11-20-14-7-3-2-6-13(14)18/h4-5,8-9,12-14H,2-3,6-7,10-11H2,1H3/t12-,13+,14+/m0/s1. The molecule has 114 valence electrons. The Morgan fingerprint density at radius 1 is 1.43 bits per heavy atom. The molecule has 3 atom stereocenters. The predicted molar refractivity (Wildman–Crippen MR) is 83.3 cm³/mol. The van der Waals surface area contributed by atoms with E-state index in [2.05, 4.69) is 9.88 Å². The molecule has 1 saturated heterocycles. The highest BCUT2D eigenvalue weighted by Crippen LogP contribution is 2.31. The van der Waals surface area contributed by atoms with Crippen LogP contribution in [0.1, 0.15) is 32.6 Å². The third kappa shape index (κ3) is 3.40. The molecule has 4 nitrogen and oxygen atoms in total. The largest absolute Gasteiger partial charge is 0.374 e. The molecule has 1 aliphatic carbocycles. The van der Waals surface area contributed by atoms with Crippen molar-refractivity contribution >= 4 is 17.7 Å². The Kier molecular flexibility index (Phi) is 4.80. The van der Waals surface area contributed by atoms with Crippen LogP contribution in [0.2, 0.25) is 0 Å². The highest BCUT2D eigenvalue weighted by molar-refractivity contribution is 8.00. The van der Waals surface area contributed by atoms with Crippen molar-refractivity contribution in [3.63, 3.8) is 0 Å². The number of nitrogens with zero attached hydrogens (tertiary/aromatic N) is 2. The molecule has 0 bridgehead atoms. The first-order valence-corrected chi connectivity index (χ1v) is 8.63. The normalized spacial score (nSPS) is 27.0. The molecule has 0 unspecified atom stereocenters. The van der Waals surface area contributed by atoms with E-state index < -0.39 is 0 Å². The molecular formula is C16H22N2O2S. The van der Waals surface area contributed by atoms with Crippen LogP contribution < -0.4 is 0 Å². The van der Waals surface area contributed by atoms with Crippen molar-refractivity contribution in [1.29, 1.82) is 0 Å². The summed E-state index contributed by atoms with van der Waals surface area (Å²) in [5.41, 5.74) is 0. The van der Waals surface area contributed by atoms with E-state index in [1.165, 1.54) is 12.8 Å². The number of carbonyl (C=O) groups excluding carboxylic acids is 1. The summed E-state index contributed by atoms with van der Waals surface area (Å²) in [7, 11) is 0. The maximum absolute atomic E-state index is 12.8. The van der Waals surface area contributed by atoms with E-state index in [1.807, 2.05) is 25.1 Å². The van der Waals surface area contributed by atoms with Crippen molar-refractivity contribution < 1.29 is 9.53 Å². The van der Waals surface area contributed by atoms with Crippen molar-refractivity contribution in [1.82, 2.24) is 9.88 Å². The molecule has 21 heavy (non-hydrogen) atoms. The molecule has 0 aromatic carbocycles. The molecule has 1 saturated carbocycles. The predicted octanol–water partition coefficient (Wildman–Crippen LogP) is 2.73. The molecule has 1 aromatic heterocycles. The number of carbonyl (C=O) groups is 1. The molecule has 0 spiro atoms. The second-order valence-electron chi connectivity index (χ2n) is 5.72. The van der Waals surface area contributed by atoms with Gasteiger partial charge in [0.25, 0.3) is 0 Å². The first-order chi connectivity index (χ1) is 10.3. The van der Waals surface area contributed by atoms with Gasteiger partial charge in [-0.05, 0) is 31.9 Å². The smallest absolute Gasteiger partial charge is 0.236 e. The lowest BCUT2D eigenvalue weighted by atomic mass is 9.90. The fraction of sp³-hybridized carbons (Fsp3) is 0.625. The zero-order valence-corrected chi connectivity index (χ0v) is 13.2. The average Bonchev–Trinajstić information content (AvgIpc) is 2.54. The van der Waals surface area contributed by atoms with Crippen LogP contribution in [-0.4, -0.2) is 46.3 Å². The van der Waals surface area contributed by atoms with Crippen molar-refractivity contribution in [2.45, 2.75) is 55.0 Å². The van der Waals surface area contributed by atoms with Gasteiger partial charge in [-0.3, -0.25) is 4.79 Å². The van der Waals surface area contributed by atoms with Gasteiger partial charge < -0.3 is 9.64 Å². The first kappa shape index (κ1) is 14.9. The summed E-state index contributed by atoms with van der Waals surface area (Å²) in [4.78, 5) is 19.1. The lowest BCUT2D eigenvalue weighted by Crippen LogP contribution is -2.56. The van der Waals surface area contributed by atoms with Gasteiger partial charge in [0.15, 0.2) is 0 Å². The zero-order valence-electron chi connectivity index (χ0n) is 12.4. The van der Waals surface area contributed by atoms with Crippen molar-refractivity contribution in [3.8, 4) is 0 Å². The van der Waals surface area contributed by atoms with E-state index in [0.29, 0.717) is 6.61 Å². The second kappa shape index (κ2) is 6.79. The second-order valence-corrected chi connectivity index (χ2v) is 7.08. The number of morpholine rings is 1. The Morgan fingerprint density at radius 3 is 3.10 bits per heavy atom. The minimum atomic E-state index is -0.0967. The van der Waals surface area contributed by atoms with E-state index in [-0.39, 0.29) is 23.3 Å². The Balaban J connectivity index is 1.65. The summed E-state index contributed by atoms with van der Waals surface area (Å²) in [5.74, 6) is 0.228. The van der Waals surface area contributed by atoms with Crippen LogP contribution in [0.3, 0.4) is 0 Å². The topological polar surface area (TPSA) is 42.4 Å². The summed E-state index contributed by atoms with van der Waals surface area (Å²) in [5, 5.41) is 0.812. The van der Waals surface area contributed by atoms with Crippen molar-refractivity contribution in [3.05, 3.63) is 24.4 Å². The number of fused-ring (bicyclic) bond motifs is 1. The number of rotatable bonds is 3. The number of ether oxygens (including phenoxy) is 1. The molecule has 0 radical (unpaired) electrons. The van der Waals surface area contributed by atoms with Gasteiger partial charge in [0.1, 0.15) is 0 Å². The highest BCUT2D eigenvalue weighted by Gasteiger charge is 2.38. The lowest BCUT2D eigenvalue weighted by molar-refractivity contribution is -0.148. The fourth-order valence-electron chi connectivity index (χ4n) is 3.25. The van der Waals surface area contributed by atoms with Crippen LogP contribution in [0.5, 0.6) is 0 Å². The summed E-state index contributed by atoms with van der Waals surface area (Å²) in [6.45, 7) is 3.38. The van der Waals surface area contributed by atoms with E-state index >= 15 is 0 Å². The van der Waals surface area contributed by atoms with Gasteiger partial charge in [-0.25, -0.2) is 4.98 Å². The molecule has 0 N–H and O–H groups in total. The van der Waals surface area contributed by atoms with Gasteiger partial charge >= 0.3 is 0 Å². The molecule has 5 heteroatoms. The highest BCUT2D eigenvalue weighted by atomic mass is 32.2. The molecule has 2 aliphatic rings. The Bertz CT molecular complexity index is 480. The van der Waals surface area contributed by atoms with Crippen LogP contribution in [-0.2, 0) is 9.53 Å². The number of hydrogen-bond donors (Lipinski definition) is 0. The fourth-order valence-corrected chi connectivity index (χ4v) is 4.13. The number of amides is 1. The van der Waals surface area contributed by atoms with Crippen LogP contribution in [0.4, 0.5) is 0 Å². The SMILES string of the molecule is C[C@H](Sc1ccccn1)C(=O)N1CCO[C@@H]2CCCC[C@H]21. The molecule has 3 rings (SSSR count). The van der Waals surface area contributed by atoms with Crippen LogP contribution >= 0.6 is 11.8 Å². The van der Waals surface area contributed by atoms with E-state index in [4.69, 9.17) is 4.74 Å². The number of hydrogen-bond acceptors (Lipinski definition) is 4. The van der Waals surface area contributed by atoms with E-state index in [0.717, 1.165) is 24.4 Å². The lowest BCUT2D eigenvalue weighted by Gasteiger charge is -2.44. The molecule has 2 heterocycles. The Morgan fingerprint density at radius 2 is 2.29 bits per heavy atom. The molecule has 1 aromatic rings. The molecule has 1 aliphatic heterocycles. The van der Waals surface area contributed by atoms with Crippen molar-refractivity contribution in [2.75, 3.05) is 13.2 Å². The van der Waals surface area contributed by atoms with E-state index in [9.17, 15) is 4.79 Å².